The summed E-state index contributed by atoms with van der Waals surface area (Å²) in [5.74, 6) is 1.53. The molecule has 4 heterocycles. The number of H-pyrrole nitrogens is 2. The molecule has 0 radical (unpaired) electrons. The van der Waals surface area contributed by atoms with Gasteiger partial charge >= 0.3 is 12.2 Å². The molecular weight excluding hydrogens is 809 g/mol. The van der Waals surface area contributed by atoms with Crippen molar-refractivity contribution in [3.8, 4) is 33.4 Å². The number of nitrogens with one attached hydrogen (secondary N) is 4. The van der Waals surface area contributed by atoms with E-state index < -0.39 is 24.3 Å². The second kappa shape index (κ2) is 18.2. The fourth-order valence-electron chi connectivity index (χ4n) is 9.30. The van der Waals surface area contributed by atoms with Crippen LogP contribution in [0.25, 0.3) is 55.4 Å². The first-order chi connectivity index (χ1) is 30.7. The smallest absolute Gasteiger partial charge is 0.407 e. The maximum absolute atomic E-state index is 13.8. The van der Waals surface area contributed by atoms with E-state index in [1.54, 1.807) is 0 Å². The zero-order chi connectivity index (χ0) is 45.4. The van der Waals surface area contributed by atoms with Gasteiger partial charge in [0.25, 0.3) is 0 Å². The summed E-state index contributed by atoms with van der Waals surface area (Å²) in [6.45, 7) is 13.1. The van der Waals surface area contributed by atoms with E-state index in [9.17, 15) is 19.2 Å². The molecule has 14 nitrogen and oxygen atoms in total. The second-order valence-corrected chi connectivity index (χ2v) is 18.3. The van der Waals surface area contributed by atoms with Gasteiger partial charge in [0.15, 0.2) is 0 Å². The Morgan fingerprint density at radius 2 is 0.891 bits per heavy atom. The number of aromatic amines is 2. The first-order valence-electron chi connectivity index (χ1n) is 22.2. The molecule has 2 aliphatic heterocycles. The van der Waals surface area contributed by atoms with Gasteiger partial charge in [0.2, 0.25) is 11.8 Å². The van der Waals surface area contributed by atoms with Crippen LogP contribution < -0.4 is 10.6 Å². The molecule has 6 atom stereocenters. The van der Waals surface area contributed by atoms with Crippen molar-refractivity contribution in [2.75, 3.05) is 27.3 Å². The maximum atomic E-state index is 13.8. The molecule has 2 saturated heterocycles. The molecule has 4 amide bonds. The highest BCUT2D eigenvalue weighted by molar-refractivity contribution is 5.88. The average molecular weight is 867 g/mol. The molecule has 14 heteroatoms. The van der Waals surface area contributed by atoms with Gasteiger partial charge in [-0.15, -0.1) is 0 Å². The Morgan fingerprint density at radius 3 is 1.22 bits per heavy atom. The first kappa shape index (κ1) is 43.9. The highest BCUT2D eigenvalue weighted by Crippen LogP contribution is 2.38. The zero-order valence-corrected chi connectivity index (χ0v) is 37.8. The van der Waals surface area contributed by atoms with E-state index in [2.05, 4.69) is 107 Å². The van der Waals surface area contributed by atoms with Crippen LogP contribution in [0, 0.1) is 23.7 Å². The number of ether oxygens (including phenoxy) is 2. The van der Waals surface area contributed by atoms with Crippen LogP contribution >= 0.6 is 0 Å². The number of benzene rings is 4. The highest BCUT2D eigenvalue weighted by atomic mass is 16.5. The third-order valence-corrected chi connectivity index (χ3v) is 12.8. The van der Waals surface area contributed by atoms with E-state index in [1.807, 2.05) is 49.6 Å². The number of hydrogen-bond donors (Lipinski definition) is 4. The molecule has 2 aliphatic rings. The summed E-state index contributed by atoms with van der Waals surface area (Å²) >= 11 is 0. The van der Waals surface area contributed by atoms with Gasteiger partial charge in [-0.1, -0.05) is 102 Å². The Labute approximate surface area is 373 Å². The lowest BCUT2D eigenvalue weighted by Crippen LogP contribution is -2.51. The van der Waals surface area contributed by atoms with Gasteiger partial charge in [-0.05, 0) is 94.2 Å². The lowest BCUT2D eigenvalue weighted by atomic mass is 9.98. The number of carbonyl (C=O) groups excluding carboxylic acids is 4. The summed E-state index contributed by atoms with van der Waals surface area (Å²) in [6.07, 6.45) is 0.296. The van der Waals surface area contributed by atoms with Gasteiger partial charge in [0, 0.05) is 13.1 Å². The van der Waals surface area contributed by atoms with Crippen LogP contribution in [-0.2, 0) is 19.1 Å². The summed E-state index contributed by atoms with van der Waals surface area (Å²) in [7, 11) is 2.60. The predicted molar refractivity (Wildman–Crippen MR) is 247 cm³/mol. The van der Waals surface area contributed by atoms with Crippen LogP contribution in [0.4, 0.5) is 9.59 Å². The number of nitrogens with zero attached hydrogens (tertiary/aromatic N) is 4. The molecule has 2 aromatic heterocycles. The number of aromatic nitrogens is 4. The van der Waals surface area contributed by atoms with E-state index in [4.69, 9.17) is 19.4 Å². The molecule has 4 aromatic carbocycles. The summed E-state index contributed by atoms with van der Waals surface area (Å²) < 4.78 is 9.60. The summed E-state index contributed by atoms with van der Waals surface area (Å²) in [4.78, 5) is 72.3. The van der Waals surface area contributed by atoms with E-state index in [-0.39, 0.29) is 47.6 Å². The van der Waals surface area contributed by atoms with Gasteiger partial charge < -0.3 is 39.9 Å². The van der Waals surface area contributed by atoms with Gasteiger partial charge in [-0.25, -0.2) is 19.6 Å². The van der Waals surface area contributed by atoms with Gasteiger partial charge in [-0.2, -0.15) is 0 Å². The number of carbonyl (C=O) groups is 4. The molecule has 1 unspecified atom stereocenters. The molecule has 64 heavy (non-hydrogen) atoms. The van der Waals surface area contributed by atoms with E-state index in [1.165, 1.54) is 14.2 Å². The summed E-state index contributed by atoms with van der Waals surface area (Å²) in [6, 6.07) is 27.6. The van der Waals surface area contributed by atoms with Crippen molar-refractivity contribution in [2.45, 2.75) is 78.6 Å². The number of fused-ring (bicyclic) bond motifs is 2. The molecule has 6 aromatic rings. The number of hydrogen-bond acceptors (Lipinski definition) is 8. The van der Waals surface area contributed by atoms with Crippen molar-refractivity contribution < 1.29 is 28.7 Å². The van der Waals surface area contributed by atoms with Crippen molar-refractivity contribution in [3.05, 3.63) is 96.6 Å². The number of rotatable bonds is 11. The minimum Gasteiger partial charge on any atom is -0.453 e. The summed E-state index contributed by atoms with van der Waals surface area (Å²) in [5, 5.41) is 5.45. The molecule has 0 aliphatic carbocycles. The third-order valence-electron chi connectivity index (χ3n) is 12.8. The van der Waals surface area contributed by atoms with Crippen molar-refractivity contribution >= 4 is 46.1 Å². The van der Waals surface area contributed by atoms with Crippen LogP contribution in [0.5, 0.6) is 0 Å². The molecule has 0 spiro atoms. The third kappa shape index (κ3) is 8.91. The maximum Gasteiger partial charge on any atom is 0.407 e. The number of likely N-dealkylation sites (tertiary alicyclic amines) is 2. The quantitative estimate of drug-likeness (QED) is 0.0998. The predicted octanol–water partition coefficient (Wildman–Crippen LogP) is 9.02. The molecule has 4 N–H and O–H groups in total. The van der Waals surface area contributed by atoms with Crippen LogP contribution in [0.1, 0.15) is 78.1 Å². The van der Waals surface area contributed by atoms with Crippen molar-refractivity contribution in [2.24, 2.45) is 23.7 Å². The molecular formula is C50H58N8O6. The highest BCUT2D eigenvalue weighted by Gasteiger charge is 2.41. The standard InChI is InChI=1S/C50H58N8O6/c1-27(2)43(55-49(61)63-7)47(59)57-25-29(5)21-41(57)45-51-37-19-17-35(23-39(37)53-45)33-13-9-31(10-14-33)32-11-15-34(16-12-32)36-18-20-38-40(24-36)54-46(52-38)42-22-30(6)26-58(42)48(60)44(28(3)4)56-50(62)64-8/h9-20,23-24,27-30,41-44H,21-22,25-26H2,1-8H3,(H,51,53)(H,52,54)(H,55,61)(H,56,62)/t29-,30-,41-,42-,43-,44?/m0/s1. The summed E-state index contributed by atoms with van der Waals surface area (Å²) in [5.41, 5.74) is 9.89. The van der Waals surface area contributed by atoms with Gasteiger partial charge in [-0.3, -0.25) is 9.59 Å². The number of amides is 4. The first-order valence-corrected chi connectivity index (χ1v) is 22.2. The zero-order valence-electron chi connectivity index (χ0n) is 37.8. The largest absolute Gasteiger partial charge is 0.453 e. The minimum atomic E-state index is -0.701. The Morgan fingerprint density at radius 1 is 0.562 bits per heavy atom. The molecule has 334 valence electrons. The van der Waals surface area contributed by atoms with Gasteiger partial charge in [0.05, 0.1) is 48.4 Å². The molecule has 8 rings (SSSR count). The van der Waals surface area contributed by atoms with Crippen LogP contribution in [-0.4, -0.2) is 93.1 Å². The van der Waals surface area contributed by atoms with E-state index >= 15 is 0 Å². The van der Waals surface area contributed by atoms with Crippen LogP contribution in [0.15, 0.2) is 84.9 Å². The fraction of sp³-hybridized carbons (Fsp3) is 0.400. The lowest BCUT2D eigenvalue weighted by molar-refractivity contribution is -0.136. The van der Waals surface area contributed by atoms with E-state index in [0.29, 0.717) is 13.1 Å². The van der Waals surface area contributed by atoms with Crippen LogP contribution in [0.2, 0.25) is 0 Å². The van der Waals surface area contributed by atoms with Crippen molar-refractivity contribution in [1.29, 1.82) is 0 Å². The second-order valence-electron chi connectivity index (χ2n) is 18.3. The van der Waals surface area contributed by atoms with Crippen molar-refractivity contribution in [1.82, 2.24) is 40.4 Å². The normalized spacial score (nSPS) is 19.7. The molecule has 0 bridgehead atoms. The van der Waals surface area contributed by atoms with Crippen LogP contribution in [0.3, 0.4) is 0 Å². The lowest BCUT2D eigenvalue weighted by Gasteiger charge is -2.30. The fourth-order valence-corrected chi connectivity index (χ4v) is 9.30. The molecule has 0 saturated carbocycles. The number of methoxy groups -OCH3 is 2. The van der Waals surface area contributed by atoms with E-state index in [0.717, 1.165) is 79.9 Å². The Bertz CT molecular complexity index is 2490. The topological polar surface area (TPSA) is 175 Å². The Hall–Kier alpha value is -6.70. The minimum absolute atomic E-state index is 0.115. The Kier molecular flexibility index (Phi) is 12.5. The average Bonchev–Trinajstić information content (AvgIpc) is 4.10. The Balaban J connectivity index is 0.955. The SMILES string of the molecule is COC(=O)NC(C(=O)N1C[C@@H](C)C[C@H]1c1nc2ccc(-c3ccc(-c4ccc(-c5ccc6nc([C@@H]7C[C@H](C)CN7C(=O)[C@@H](NC(=O)OC)C(C)C)[nH]c6c5)cc4)cc3)cc2[nH]1)C(C)C. The number of alkyl carbamates (subject to hydrolysis) is 2. The van der Waals surface area contributed by atoms with Gasteiger partial charge in [0.1, 0.15) is 23.7 Å². The number of imidazole rings is 2. The monoisotopic (exact) mass is 866 g/mol. The van der Waals surface area contributed by atoms with Crippen molar-refractivity contribution in [3.63, 3.8) is 0 Å². The molecule has 2 fully saturated rings.